The maximum atomic E-state index is 12.5. The molecule has 7 nitrogen and oxygen atoms in total. The first kappa shape index (κ1) is 15.9. The molecule has 0 fully saturated rings. The number of nitrogens with one attached hydrogen (secondary N) is 1. The van der Waals surface area contributed by atoms with Crippen molar-refractivity contribution in [2.75, 3.05) is 22.5 Å². The molecule has 2 aromatic rings. The van der Waals surface area contributed by atoms with E-state index in [4.69, 9.17) is 0 Å². The second-order valence-corrected chi connectivity index (χ2v) is 7.04. The largest absolute Gasteiger partial charge is 0.322 e. The molecule has 8 heteroatoms. The summed E-state index contributed by atoms with van der Waals surface area (Å²) in [7, 11) is 0. The average Bonchev–Trinajstić information content (AvgIpc) is 3.21. The van der Waals surface area contributed by atoms with Crippen molar-refractivity contribution in [3.63, 3.8) is 0 Å². The van der Waals surface area contributed by atoms with E-state index in [1.807, 2.05) is 12.1 Å². The summed E-state index contributed by atoms with van der Waals surface area (Å²) < 4.78 is 1.53. The quantitative estimate of drug-likeness (QED) is 0.825. The normalized spacial score (nSPS) is 15.0. The van der Waals surface area contributed by atoms with Gasteiger partial charge in [-0.3, -0.25) is 19.0 Å². The van der Waals surface area contributed by atoms with Crippen molar-refractivity contribution in [3.05, 3.63) is 45.9 Å². The van der Waals surface area contributed by atoms with Crippen LogP contribution in [-0.4, -0.2) is 33.7 Å². The van der Waals surface area contributed by atoms with Crippen LogP contribution in [0.15, 0.2) is 34.3 Å². The van der Waals surface area contributed by atoms with Gasteiger partial charge in [-0.25, -0.2) is 4.98 Å². The highest BCUT2D eigenvalue weighted by molar-refractivity contribution is 7.99. The third-order valence-electron chi connectivity index (χ3n) is 4.41. The van der Waals surface area contributed by atoms with Gasteiger partial charge in [0.2, 0.25) is 5.91 Å². The van der Waals surface area contributed by atoms with Crippen LogP contribution >= 0.6 is 11.8 Å². The Morgan fingerprint density at radius 2 is 2.12 bits per heavy atom. The van der Waals surface area contributed by atoms with E-state index >= 15 is 0 Å². The molecule has 2 aliphatic rings. The minimum atomic E-state index is -0.467. The molecular formula is C17H16N4O3S. The number of aromatic nitrogens is 2. The fourth-order valence-electron chi connectivity index (χ4n) is 3.18. The van der Waals surface area contributed by atoms with Gasteiger partial charge in [0.15, 0.2) is 5.16 Å². The van der Waals surface area contributed by atoms with Gasteiger partial charge in [-0.15, -0.1) is 0 Å². The van der Waals surface area contributed by atoms with Crippen molar-refractivity contribution >= 4 is 35.0 Å². The Kier molecular flexibility index (Phi) is 3.84. The van der Waals surface area contributed by atoms with E-state index in [0.29, 0.717) is 23.9 Å². The molecule has 0 spiro atoms. The van der Waals surface area contributed by atoms with E-state index in [1.165, 1.54) is 29.4 Å². The monoisotopic (exact) mass is 356 g/mol. The van der Waals surface area contributed by atoms with Crippen molar-refractivity contribution in [3.8, 4) is 0 Å². The zero-order valence-electron chi connectivity index (χ0n) is 13.6. The lowest BCUT2D eigenvalue weighted by Gasteiger charge is -2.15. The number of carbonyl (C=O) groups excluding carboxylic acids is 2. The SMILES string of the molecule is CC(=O)N1CCc2cc(NC(=O)c3cnc4n(c3=O)CCS4)ccc21. The maximum Gasteiger partial charge on any atom is 0.267 e. The van der Waals surface area contributed by atoms with Crippen molar-refractivity contribution < 1.29 is 9.59 Å². The van der Waals surface area contributed by atoms with Gasteiger partial charge >= 0.3 is 0 Å². The molecule has 0 unspecified atom stereocenters. The molecule has 0 saturated heterocycles. The van der Waals surface area contributed by atoms with Gasteiger partial charge in [-0.05, 0) is 30.2 Å². The van der Waals surface area contributed by atoms with E-state index < -0.39 is 5.91 Å². The van der Waals surface area contributed by atoms with Gasteiger partial charge < -0.3 is 10.2 Å². The van der Waals surface area contributed by atoms with Crippen molar-refractivity contribution in [1.29, 1.82) is 0 Å². The second-order valence-electron chi connectivity index (χ2n) is 5.98. The highest BCUT2D eigenvalue weighted by atomic mass is 32.2. The predicted molar refractivity (Wildman–Crippen MR) is 95.3 cm³/mol. The van der Waals surface area contributed by atoms with Crippen LogP contribution in [0.2, 0.25) is 0 Å². The molecule has 1 aromatic carbocycles. The molecule has 0 bridgehead atoms. The number of benzene rings is 1. The first-order valence-electron chi connectivity index (χ1n) is 7.99. The van der Waals surface area contributed by atoms with Crippen molar-refractivity contribution in [2.24, 2.45) is 0 Å². The summed E-state index contributed by atoms with van der Waals surface area (Å²) in [4.78, 5) is 42.4. The molecule has 0 atom stereocenters. The predicted octanol–water partition coefficient (Wildman–Crippen LogP) is 1.51. The summed E-state index contributed by atoms with van der Waals surface area (Å²) in [6, 6.07) is 5.42. The number of carbonyl (C=O) groups is 2. The number of rotatable bonds is 2. The number of anilines is 2. The highest BCUT2D eigenvalue weighted by Crippen LogP contribution is 2.30. The van der Waals surface area contributed by atoms with Crippen LogP contribution in [0.3, 0.4) is 0 Å². The Morgan fingerprint density at radius 1 is 1.28 bits per heavy atom. The Hall–Kier alpha value is -2.61. The van der Waals surface area contributed by atoms with E-state index in [2.05, 4.69) is 10.3 Å². The fourth-order valence-corrected chi connectivity index (χ4v) is 4.09. The van der Waals surface area contributed by atoms with Crippen LogP contribution in [0.5, 0.6) is 0 Å². The summed E-state index contributed by atoms with van der Waals surface area (Å²) >= 11 is 1.51. The zero-order chi connectivity index (χ0) is 17.6. The van der Waals surface area contributed by atoms with Gasteiger partial charge in [-0.2, -0.15) is 0 Å². The topological polar surface area (TPSA) is 84.3 Å². The molecule has 2 aliphatic heterocycles. The van der Waals surface area contributed by atoms with Gasteiger partial charge in [-0.1, -0.05) is 11.8 Å². The van der Waals surface area contributed by atoms with Gasteiger partial charge in [0.1, 0.15) is 5.56 Å². The standard InChI is InChI=1S/C17H16N4O3S/c1-10(22)20-5-4-11-8-12(2-3-14(11)20)19-15(23)13-9-18-17-21(16(13)24)6-7-25-17/h2-3,8-9H,4-7H2,1H3,(H,19,23). The Morgan fingerprint density at radius 3 is 2.92 bits per heavy atom. The lowest BCUT2D eigenvalue weighted by Crippen LogP contribution is -2.29. The van der Waals surface area contributed by atoms with Gasteiger partial charge in [0.05, 0.1) is 0 Å². The van der Waals surface area contributed by atoms with Crippen LogP contribution in [-0.2, 0) is 17.8 Å². The molecule has 128 valence electrons. The molecule has 0 radical (unpaired) electrons. The average molecular weight is 356 g/mol. The molecular weight excluding hydrogens is 340 g/mol. The minimum absolute atomic E-state index is 0.00522. The molecule has 4 rings (SSSR count). The molecule has 1 aromatic heterocycles. The number of thioether (sulfide) groups is 1. The van der Waals surface area contributed by atoms with E-state index in [-0.39, 0.29) is 17.0 Å². The van der Waals surface area contributed by atoms with Crippen molar-refractivity contribution in [1.82, 2.24) is 9.55 Å². The van der Waals surface area contributed by atoms with Gasteiger partial charge in [0.25, 0.3) is 11.5 Å². The van der Waals surface area contributed by atoms with Crippen molar-refractivity contribution in [2.45, 2.75) is 25.0 Å². The molecule has 0 aliphatic carbocycles. The summed E-state index contributed by atoms with van der Waals surface area (Å²) in [6.45, 7) is 2.76. The number of hydrogen-bond donors (Lipinski definition) is 1. The third-order valence-corrected chi connectivity index (χ3v) is 5.38. The lowest BCUT2D eigenvalue weighted by atomic mass is 10.1. The van der Waals surface area contributed by atoms with E-state index in [9.17, 15) is 14.4 Å². The Labute approximate surface area is 148 Å². The summed E-state index contributed by atoms with van der Waals surface area (Å²) in [6.07, 6.45) is 2.09. The second kappa shape index (κ2) is 6.03. The Bertz CT molecular complexity index is 953. The number of hydrogen-bond acceptors (Lipinski definition) is 5. The van der Waals surface area contributed by atoms with Crippen LogP contribution in [0, 0.1) is 0 Å². The number of nitrogens with zero attached hydrogens (tertiary/aromatic N) is 3. The maximum absolute atomic E-state index is 12.5. The molecule has 3 heterocycles. The third kappa shape index (κ3) is 2.72. The molecule has 0 saturated carbocycles. The molecule has 1 N–H and O–H groups in total. The van der Waals surface area contributed by atoms with Gasteiger partial charge in [0, 0.05) is 43.3 Å². The smallest absolute Gasteiger partial charge is 0.267 e. The fraction of sp³-hybridized carbons (Fsp3) is 0.294. The number of fused-ring (bicyclic) bond motifs is 2. The minimum Gasteiger partial charge on any atom is -0.322 e. The van der Waals surface area contributed by atoms with Crippen LogP contribution in [0.1, 0.15) is 22.8 Å². The highest BCUT2D eigenvalue weighted by Gasteiger charge is 2.23. The first-order valence-corrected chi connectivity index (χ1v) is 8.98. The summed E-state index contributed by atoms with van der Waals surface area (Å²) in [5.41, 5.74) is 2.22. The van der Waals surface area contributed by atoms with E-state index in [1.54, 1.807) is 11.0 Å². The van der Waals surface area contributed by atoms with Crippen LogP contribution in [0.25, 0.3) is 0 Å². The van der Waals surface area contributed by atoms with Crippen LogP contribution in [0.4, 0.5) is 11.4 Å². The zero-order valence-corrected chi connectivity index (χ0v) is 14.4. The summed E-state index contributed by atoms with van der Waals surface area (Å²) in [5, 5.41) is 3.42. The summed E-state index contributed by atoms with van der Waals surface area (Å²) in [5.74, 6) is 0.335. The Balaban J connectivity index is 1.58. The van der Waals surface area contributed by atoms with E-state index in [0.717, 1.165) is 23.4 Å². The molecule has 2 amide bonds. The number of amides is 2. The molecule has 25 heavy (non-hydrogen) atoms. The van der Waals surface area contributed by atoms with Crippen LogP contribution < -0.4 is 15.8 Å². The lowest BCUT2D eigenvalue weighted by molar-refractivity contribution is -0.116. The first-order chi connectivity index (χ1) is 12.0.